The third-order valence-electron chi connectivity index (χ3n) is 13.3. The number of piperidine rings is 2. The predicted molar refractivity (Wildman–Crippen MR) is 199 cm³/mol. The Hall–Kier alpha value is -4.44. The molecule has 10 nitrogen and oxygen atoms in total. The van der Waals surface area contributed by atoms with Gasteiger partial charge in [-0.05, 0) is 109 Å². The maximum Gasteiger partial charge on any atom is 0.256 e. The number of fused-ring (bicyclic) bond motifs is 2. The number of piperazine rings is 1. The summed E-state index contributed by atoms with van der Waals surface area (Å²) in [5, 5.41) is 12.6. The van der Waals surface area contributed by atoms with E-state index in [2.05, 4.69) is 50.3 Å². The van der Waals surface area contributed by atoms with Crippen LogP contribution in [0.3, 0.4) is 0 Å². The van der Waals surface area contributed by atoms with Crippen LogP contribution in [0.2, 0.25) is 0 Å². The first-order valence-corrected chi connectivity index (χ1v) is 19.6. The number of pyridine rings is 1. The summed E-state index contributed by atoms with van der Waals surface area (Å²) in [6.07, 6.45) is 10.6. The first-order chi connectivity index (χ1) is 25.3. The number of hydrogen-bond acceptors (Lipinski definition) is 8. The summed E-state index contributed by atoms with van der Waals surface area (Å²) in [6, 6.07) is 18.8. The topological polar surface area (TPSA) is 109 Å². The normalized spacial score (nSPS) is 25.1. The standard InChI is InChI=1S/C42H50N6O4/c49-32-7-8-33-30(25-32)13-18-42(16-1-2-17-42)39(33)29-3-5-31(6-4-29)46-19-14-28(15-20-46)26-45-21-23-47(24-22-45)37-11-9-34-35(43-37)27-48(41(34)52)36-10-12-38(50)44-40(36)51/h3-9,11,25,28,36,39,49H,1-2,10,12-24,26-27H2,(H,44,50,51)/t36-,39-/m1/s1. The van der Waals surface area contributed by atoms with Gasteiger partial charge in [0.1, 0.15) is 17.6 Å². The van der Waals surface area contributed by atoms with Gasteiger partial charge in [0.05, 0.1) is 17.8 Å². The van der Waals surface area contributed by atoms with Gasteiger partial charge in [0.15, 0.2) is 0 Å². The van der Waals surface area contributed by atoms with E-state index in [9.17, 15) is 19.5 Å². The number of aromatic hydroxyl groups is 1. The molecule has 1 aromatic heterocycles. The third kappa shape index (κ3) is 6.12. The molecule has 0 unspecified atom stereocenters. The summed E-state index contributed by atoms with van der Waals surface area (Å²) in [5.74, 6) is 1.53. The number of carbonyl (C=O) groups excluding carboxylic acids is 3. The van der Waals surface area contributed by atoms with Gasteiger partial charge in [-0.25, -0.2) is 4.98 Å². The van der Waals surface area contributed by atoms with E-state index in [1.165, 1.54) is 67.3 Å². The highest BCUT2D eigenvalue weighted by molar-refractivity contribution is 6.05. The molecule has 2 aromatic carbocycles. The summed E-state index contributed by atoms with van der Waals surface area (Å²) in [6.45, 7) is 7.40. The summed E-state index contributed by atoms with van der Waals surface area (Å²) >= 11 is 0. The first kappa shape index (κ1) is 33.4. The molecule has 0 radical (unpaired) electrons. The van der Waals surface area contributed by atoms with Gasteiger partial charge in [0.25, 0.3) is 5.91 Å². The quantitative estimate of drug-likeness (QED) is 0.337. The lowest BCUT2D eigenvalue weighted by Gasteiger charge is -2.43. The molecule has 2 aliphatic carbocycles. The number of aryl methyl sites for hydroxylation is 1. The van der Waals surface area contributed by atoms with E-state index in [1.54, 1.807) is 4.90 Å². The number of carbonyl (C=O) groups is 3. The van der Waals surface area contributed by atoms with Crippen LogP contribution in [-0.4, -0.2) is 89.5 Å². The summed E-state index contributed by atoms with van der Waals surface area (Å²) in [7, 11) is 0. The lowest BCUT2D eigenvalue weighted by atomic mass is 9.60. The van der Waals surface area contributed by atoms with Crippen molar-refractivity contribution in [3.63, 3.8) is 0 Å². The number of hydrogen-bond donors (Lipinski definition) is 2. The van der Waals surface area contributed by atoms with Gasteiger partial charge in [-0.1, -0.05) is 31.0 Å². The van der Waals surface area contributed by atoms with Crippen molar-refractivity contribution in [2.24, 2.45) is 11.3 Å². The fourth-order valence-electron chi connectivity index (χ4n) is 10.5. The van der Waals surface area contributed by atoms with Gasteiger partial charge in [-0.15, -0.1) is 0 Å². The Bertz CT molecular complexity index is 1860. The minimum Gasteiger partial charge on any atom is -0.508 e. The average Bonchev–Trinajstić information content (AvgIpc) is 3.76. The second-order valence-corrected chi connectivity index (χ2v) is 16.3. The number of rotatable bonds is 6. The van der Waals surface area contributed by atoms with Crippen LogP contribution in [0, 0.1) is 11.3 Å². The summed E-state index contributed by atoms with van der Waals surface area (Å²) in [4.78, 5) is 51.1. The van der Waals surface area contributed by atoms with Crippen molar-refractivity contribution in [2.45, 2.75) is 82.7 Å². The highest BCUT2D eigenvalue weighted by Crippen LogP contribution is 2.58. The zero-order valence-corrected chi connectivity index (χ0v) is 30.1. The first-order valence-electron chi connectivity index (χ1n) is 19.6. The van der Waals surface area contributed by atoms with Crippen LogP contribution in [0.1, 0.15) is 96.4 Å². The molecule has 1 saturated carbocycles. The minimum atomic E-state index is -0.620. The summed E-state index contributed by atoms with van der Waals surface area (Å²) in [5.41, 5.74) is 7.16. The van der Waals surface area contributed by atoms with Gasteiger partial charge in [-0.3, -0.25) is 24.6 Å². The van der Waals surface area contributed by atoms with Gasteiger partial charge in [-0.2, -0.15) is 0 Å². The monoisotopic (exact) mass is 702 g/mol. The van der Waals surface area contributed by atoms with Crippen molar-refractivity contribution < 1.29 is 19.5 Å². The second kappa shape index (κ2) is 13.5. The second-order valence-electron chi connectivity index (χ2n) is 16.3. The van der Waals surface area contributed by atoms with Gasteiger partial charge in [0.2, 0.25) is 11.8 Å². The van der Waals surface area contributed by atoms with Crippen molar-refractivity contribution in [2.75, 3.05) is 55.6 Å². The van der Waals surface area contributed by atoms with Crippen molar-refractivity contribution >= 4 is 29.2 Å². The van der Waals surface area contributed by atoms with Crippen LogP contribution in [0.5, 0.6) is 5.75 Å². The molecule has 6 aliphatic rings. The average molecular weight is 703 g/mol. The number of phenols is 1. The Morgan fingerprint density at radius 3 is 2.33 bits per heavy atom. The number of imide groups is 1. The third-order valence-corrected chi connectivity index (χ3v) is 13.3. The Labute approximate surface area is 306 Å². The van der Waals surface area contributed by atoms with Crippen molar-refractivity contribution in [1.82, 2.24) is 20.1 Å². The Balaban J connectivity index is 0.773. The number of phenolic OH excluding ortho intramolecular Hbond substituents is 1. The Morgan fingerprint density at radius 1 is 0.808 bits per heavy atom. The molecule has 9 rings (SSSR count). The number of anilines is 2. The molecule has 2 N–H and O–H groups in total. The molecule has 272 valence electrons. The SMILES string of the molecule is O=C1CC[C@@H](N2Cc3nc(N4CCN(CC5CCN(c6ccc([C@@H]7c8ccc(O)cc8CCC78CCCC8)cc6)CC5)CC4)ccc3C2=O)C(=O)N1. The van der Waals surface area contributed by atoms with Crippen molar-refractivity contribution in [1.29, 1.82) is 0 Å². The van der Waals surface area contributed by atoms with E-state index in [0.717, 1.165) is 58.1 Å². The van der Waals surface area contributed by atoms with E-state index in [0.29, 0.717) is 47.2 Å². The van der Waals surface area contributed by atoms with Crippen LogP contribution < -0.4 is 15.1 Å². The van der Waals surface area contributed by atoms with Gasteiger partial charge >= 0.3 is 0 Å². The zero-order chi connectivity index (χ0) is 35.4. The predicted octanol–water partition coefficient (Wildman–Crippen LogP) is 5.23. The maximum absolute atomic E-state index is 13.1. The number of benzene rings is 2. The van der Waals surface area contributed by atoms with Crippen LogP contribution in [0.15, 0.2) is 54.6 Å². The molecule has 3 aromatic rings. The zero-order valence-electron chi connectivity index (χ0n) is 30.1. The number of nitrogens with one attached hydrogen (secondary N) is 1. The minimum absolute atomic E-state index is 0.179. The molecule has 3 saturated heterocycles. The van der Waals surface area contributed by atoms with Crippen LogP contribution in [0.25, 0.3) is 0 Å². The molecular weight excluding hydrogens is 653 g/mol. The van der Waals surface area contributed by atoms with Crippen molar-refractivity contribution in [3.8, 4) is 5.75 Å². The number of aromatic nitrogens is 1. The Kier molecular flexibility index (Phi) is 8.68. The lowest BCUT2D eigenvalue weighted by Crippen LogP contribution is -2.52. The van der Waals surface area contributed by atoms with E-state index >= 15 is 0 Å². The van der Waals surface area contributed by atoms with Gasteiger partial charge < -0.3 is 19.8 Å². The summed E-state index contributed by atoms with van der Waals surface area (Å²) < 4.78 is 0. The molecule has 4 aliphatic heterocycles. The highest BCUT2D eigenvalue weighted by Gasteiger charge is 2.46. The fourth-order valence-corrected chi connectivity index (χ4v) is 10.5. The van der Waals surface area contributed by atoms with Gasteiger partial charge in [0, 0.05) is 63.8 Å². The number of amides is 3. The Morgan fingerprint density at radius 2 is 1.58 bits per heavy atom. The lowest BCUT2D eigenvalue weighted by molar-refractivity contribution is -0.136. The largest absolute Gasteiger partial charge is 0.508 e. The fraction of sp³-hybridized carbons (Fsp3) is 0.524. The number of nitrogens with zero attached hydrogens (tertiary/aromatic N) is 5. The highest BCUT2D eigenvalue weighted by atomic mass is 16.3. The van der Waals surface area contributed by atoms with Crippen LogP contribution >= 0.6 is 0 Å². The van der Waals surface area contributed by atoms with Crippen molar-refractivity contribution in [3.05, 3.63) is 82.5 Å². The molecule has 4 fully saturated rings. The molecule has 3 amide bonds. The molecule has 52 heavy (non-hydrogen) atoms. The van der Waals surface area contributed by atoms with E-state index < -0.39 is 11.9 Å². The smallest absolute Gasteiger partial charge is 0.256 e. The molecule has 2 atom stereocenters. The molecule has 0 bridgehead atoms. The molecule has 5 heterocycles. The van der Waals surface area contributed by atoms with Crippen LogP contribution in [-0.2, 0) is 22.6 Å². The van der Waals surface area contributed by atoms with E-state index in [1.807, 2.05) is 24.3 Å². The molecular formula is C42H50N6O4. The maximum atomic E-state index is 13.1. The van der Waals surface area contributed by atoms with E-state index in [4.69, 9.17) is 4.98 Å². The molecule has 1 spiro atoms. The van der Waals surface area contributed by atoms with E-state index in [-0.39, 0.29) is 18.2 Å². The molecule has 10 heteroatoms. The van der Waals surface area contributed by atoms with Crippen LogP contribution in [0.4, 0.5) is 11.5 Å².